The van der Waals surface area contributed by atoms with E-state index >= 15 is 4.39 Å². The van der Waals surface area contributed by atoms with Gasteiger partial charge in [-0.05, 0) is 36.6 Å². The molecule has 0 spiro atoms. The van der Waals surface area contributed by atoms with E-state index < -0.39 is 54.6 Å². The highest BCUT2D eigenvalue weighted by Crippen LogP contribution is 2.47. The van der Waals surface area contributed by atoms with Crippen LogP contribution in [0.5, 0.6) is 5.75 Å². The number of carbonyl (C=O) groups is 4. The summed E-state index contributed by atoms with van der Waals surface area (Å²) in [5.74, 6) is -2.82. The maximum Gasteiger partial charge on any atom is 0.516 e. The molecule has 0 bridgehead atoms. The highest BCUT2D eigenvalue weighted by molar-refractivity contribution is 5.99. The zero-order chi connectivity index (χ0) is 29.4. The Morgan fingerprint density at radius 3 is 2.58 bits per heavy atom. The largest absolute Gasteiger partial charge is 0.516 e. The summed E-state index contributed by atoms with van der Waals surface area (Å²) >= 11 is 0. The van der Waals surface area contributed by atoms with Crippen molar-refractivity contribution in [2.75, 3.05) is 12.1 Å². The number of halogens is 1. The number of nitrogens with two attached hydrogens (primary N) is 1. The first-order valence-corrected chi connectivity index (χ1v) is 12.7. The number of ketones is 1. The maximum atomic E-state index is 15.0. The first kappa shape index (κ1) is 30.0. The number of Topliss-reactive ketones (excluding diaryl/α,β-unsaturated/α-hetero) is 1. The smallest absolute Gasteiger partial charge is 0.427 e. The molecule has 1 aromatic carbocycles. The fourth-order valence-electron chi connectivity index (χ4n) is 3.80. The number of carbonyl (C=O) groups excluding carboxylic acids is 4. The van der Waals surface area contributed by atoms with Crippen LogP contribution in [0.25, 0.3) is 0 Å². The summed E-state index contributed by atoms with van der Waals surface area (Å²) in [6.07, 6.45) is 0.960. The number of hydrogen-bond acceptors (Lipinski definition) is 10. The molecule has 13 heteroatoms. The standard InChI is InChI=1S/C27H30FN5O7/c1-4-14(3)23(30)25(35)38-13-39-27(37)40-24-16(20(34)5-2)7-8-18(28)22(24)17-10-19(17)32-26(36)33-21-9-6-15(11-29)12-31-21/h6-9,12,14,17,19,23H,4-5,10,13,30H2,1-3H3,(H2,31,32,33,36)/t14?,17-,19+,23?/m1/s1. The van der Waals surface area contributed by atoms with E-state index in [4.69, 9.17) is 25.2 Å². The number of rotatable bonds is 11. The van der Waals surface area contributed by atoms with Crippen molar-refractivity contribution in [3.63, 3.8) is 0 Å². The van der Waals surface area contributed by atoms with Gasteiger partial charge in [-0.15, -0.1) is 0 Å². The number of anilines is 1. The third-order valence-electron chi connectivity index (χ3n) is 6.47. The number of benzene rings is 1. The van der Waals surface area contributed by atoms with Gasteiger partial charge in [0.2, 0.25) is 6.79 Å². The quantitative estimate of drug-likeness (QED) is 0.160. The third-order valence-corrected chi connectivity index (χ3v) is 6.47. The van der Waals surface area contributed by atoms with Gasteiger partial charge in [0.15, 0.2) is 11.5 Å². The number of urea groups is 1. The van der Waals surface area contributed by atoms with Gasteiger partial charge in [-0.1, -0.05) is 27.2 Å². The lowest BCUT2D eigenvalue weighted by atomic mass is 10.00. The van der Waals surface area contributed by atoms with Crippen LogP contribution in [0.2, 0.25) is 0 Å². The molecule has 12 nitrogen and oxygen atoms in total. The number of esters is 1. The van der Waals surface area contributed by atoms with Crippen LogP contribution in [0.1, 0.15) is 67.4 Å². The summed E-state index contributed by atoms with van der Waals surface area (Å²) < 4.78 is 30.0. The van der Waals surface area contributed by atoms with Crippen LogP contribution in [0.4, 0.5) is 19.8 Å². The number of hydrogen-bond donors (Lipinski definition) is 3. The number of nitrogens with zero attached hydrogens (tertiary/aromatic N) is 2. The van der Waals surface area contributed by atoms with Crippen molar-refractivity contribution in [1.29, 1.82) is 5.26 Å². The minimum Gasteiger partial charge on any atom is -0.427 e. The molecule has 4 atom stereocenters. The third kappa shape index (κ3) is 7.51. The van der Waals surface area contributed by atoms with E-state index in [-0.39, 0.29) is 35.0 Å². The van der Waals surface area contributed by atoms with Gasteiger partial charge in [0.25, 0.3) is 0 Å². The molecule has 212 valence electrons. The molecule has 3 rings (SSSR count). The lowest BCUT2D eigenvalue weighted by molar-refractivity contribution is -0.155. The lowest BCUT2D eigenvalue weighted by Crippen LogP contribution is -2.38. The molecule has 1 fully saturated rings. The summed E-state index contributed by atoms with van der Waals surface area (Å²) in [5, 5.41) is 14.0. The first-order chi connectivity index (χ1) is 19.1. The second kappa shape index (κ2) is 13.5. The molecular weight excluding hydrogens is 525 g/mol. The van der Waals surface area contributed by atoms with Crippen LogP contribution < -0.4 is 21.1 Å². The average Bonchev–Trinajstić information content (AvgIpc) is 3.69. The van der Waals surface area contributed by atoms with Crippen molar-refractivity contribution < 1.29 is 37.8 Å². The van der Waals surface area contributed by atoms with Gasteiger partial charge in [0.1, 0.15) is 23.7 Å². The lowest BCUT2D eigenvalue weighted by Gasteiger charge is -2.17. The molecule has 2 amide bonds. The van der Waals surface area contributed by atoms with E-state index in [2.05, 4.69) is 15.6 Å². The Labute approximate surface area is 230 Å². The molecule has 40 heavy (non-hydrogen) atoms. The Morgan fingerprint density at radius 1 is 1.20 bits per heavy atom. The number of ether oxygens (including phenoxy) is 3. The molecule has 0 radical (unpaired) electrons. The summed E-state index contributed by atoms with van der Waals surface area (Å²) in [7, 11) is 0. The van der Waals surface area contributed by atoms with Crippen LogP contribution in [0.15, 0.2) is 30.5 Å². The van der Waals surface area contributed by atoms with Gasteiger partial charge in [-0.3, -0.25) is 14.9 Å². The first-order valence-electron chi connectivity index (χ1n) is 12.7. The Bertz CT molecular complexity index is 1310. The summed E-state index contributed by atoms with van der Waals surface area (Å²) in [5.41, 5.74) is 5.99. The molecule has 1 aliphatic rings. The second-order valence-corrected chi connectivity index (χ2v) is 9.19. The highest BCUT2D eigenvalue weighted by atomic mass is 19.1. The van der Waals surface area contributed by atoms with Gasteiger partial charge in [-0.2, -0.15) is 5.26 Å². The van der Waals surface area contributed by atoms with Crippen LogP contribution in [-0.2, 0) is 14.3 Å². The average molecular weight is 556 g/mol. The number of nitriles is 1. The number of pyridine rings is 1. The van der Waals surface area contributed by atoms with E-state index in [1.807, 2.05) is 13.0 Å². The van der Waals surface area contributed by atoms with E-state index in [1.165, 1.54) is 24.4 Å². The van der Waals surface area contributed by atoms with Gasteiger partial charge < -0.3 is 25.3 Å². The van der Waals surface area contributed by atoms with E-state index in [9.17, 15) is 19.2 Å². The SMILES string of the molecule is CCC(=O)c1ccc(F)c([C@@H]2C[C@@H]2NC(=O)Nc2ccc(C#N)cn2)c1OC(=O)OCOC(=O)C(N)C(C)CC. The summed E-state index contributed by atoms with van der Waals surface area (Å²) in [4.78, 5) is 53.3. The van der Waals surface area contributed by atoms with E-state index in [0.717, 1.165) is 6.07 Å². The van der Waals surface area contributed by atoms with Crippen LogP contribution in [-0.4, -0.2) is 47.8 Å². The molecular formula is C27H30FN5O7. The highest BCUT2D eigenvalue weighted by Gasteiger charge is 2.44. The van der Waals surface area contributed by atoms with Crippen LogP contribution in [0.3, 0.4) is 0 Å². The van der Waals surface area contributed by atoms with Gasteiger partial charge in [0.05, 0.1) is 11.1 Å². The monoisotopic (exact) mass is 555 g/mol. The van der Waals surface area contributed by atoms with Crippen molar-refractivity contribution in [1.82, 2.24) is 10.3 Å². The number of amides is 2. The molecule has 1 aliphatic carbocycles. The topological polar surface area (TPSA) is 183 Å². The summed E-state index contributed by atoms with van der Waals surface area (Å²) in [6, 6.07) is 5.08. The van der Waals surface area contributed by atoms with Crippen LogP contribution >= 0.6 is 0 Å². The molecule has 0 saturated heterocycles. The Morgan fingerprint density at radius 2 is 1.95 bits per heavy atom. The predicted octanol–water partition coefficient (Wildman–Crippen LogP) is 3.75. The molecule has 1 aromatic heterocycles. The fraction of sp³-hybridized carbons (Fsp3) is 0.407. The zero-order valence-electron chi connectivity index (χ0n) is 22.2. The van der Waals surface area contributed by atoms with E-state index in [1.54, 1.807) is 13.8 Å². The Hall–Kier alpha value is -4.57. The fourth-order valence-corrected chi connectivity index (χ4v) is 3.80. The second-order valence-electron chi connectivity index (χ2n) is 9.19. The van der Waals surface area contributed by atoms with Crippen molar-refractivity contribution in [2.45, 2.75) is 58.0 Å². The predicted molar refractivity (Wildman–Crippen MR) is 139 cm³/mol. The van der Waals surface area contributed by atoms with Crippen molar-refractivity contribution in [2.24, 2.45) is 11.7 Å². The Kier molecular flexibility index (Phi) is 10.1. The van der Waals surface area contributed by atoms with Crippen molar-refractivity contribution in [3.05, 3.63) is 53.0 Å². The normalized spacial score (nSPS) is 17.0. The van der Waals surface area contributed by atoms with Gasteiger partial charge >= 0.3 is 18.2 Å². The Balaban J connectivity index is 1.69. The number of aromatic nitrogens is 1. The molecule has 2 aromatic rings. The minimum atomic E-state index is -1.32. The van der Waals surface area contributed by atoms with E-state index in [0.29, 0.717) is 18.4 Å². The zero-order valence-corrected chi connectivity index (χ0v) is 22.2. The molecule has 1 saturated carbocycles. The molecule has 4 N–H and O–H groups in total. The summed E-state index contributed by atoms with van der Waals surface area (Å²) in [6.45, 7) is 4.43. The molecule has 0 aliphatic heterocycles. The van der Waals surface area contributed by atoms with Crippen molar-refractivity contribution in [3.8, 4) is 11.8 Å². The molecule has 2 unspecified atom stereocenters. The van der Waals surface area contributed by atoms with Crippen molar-refractivity contribution >= 4 is 29.8 Å². The van der Waals surface area contributed by atoms with Gasteiger partial charge in [-0.25, -0.2) is 19.0 Å². The maximum absolute atomic E-state index is 15.0. The van der Waals surface area contributed by atoms with Crippen LogP contribution in [0, 0.1) is 23.1 Å². The number of nitrogens with one attached hydrogen (secondary N) is 2. The van der Waals surface area contributed by atoms with Gasteiger partial charge in [0, 0.05) is 30.1 Å². The molecule has 1 heterocycles. The minimum absolute atomic E-state index is 0.0384.